The van der Waals surface area contributed by atoms with E-state index >= 15 is 0 Å². The average molecular weight is 206 g/mol. The summed E-state index contributed by atoms with van der Waals surface area (Å²) < 4.78 is 5.66. The van der Waals surface area contributed by atoms with E-state index in [-0.39, 0.29) is 6.10 Å². The molecule has 0 heterocycles. The maximum Gasteiger partial charge on any atom is 0.217 e. The molecule has 0 aliphatic carbocycles. The highest BCUT2D eigenvalue weighted by atomic mass is 32.1. The molecule has 0 aromatic carbocycles. The molecule has 0 rings (SSSR count). The van der Waals surface area contributed by atoms with E-state index in [1.165, 1.54) is 19.3 Å². The molecule has 12 heavy (non-hydrogen) atoms. The van der Waals surface area contributed by atoms with Gasteiger partial charge in [0.1, 0.15) is 0 Å². The predicted octanol–water partition coefficient (Wildman–Crippen LogP) is 3.43. The van der Waals surface area contributed by atoms with Crippen LogP contribution in [0.3, 0.4) is 0 Å². The molecule has 0 radical (unpaired) electrons. The summed E-state index contributed by atoms with van der Waals surface area (Å²) in [5.74, 6) is 0.565. The summed E-state index contributed by atoms with van der Waals surface area (Å²) in [6.45, 7) is 6.43. The van der Waals surface area contributed by atoms with E-state index in [1.54, 1.807) is 0 Å². The lowest BCUT2D eigenvalue weighted by atomic mass is 9.99. The number of hydrogen-bond acceptors (Lipinski definition) is 2. The molecule has 0 aliphatic heterocycles. The van der Waals surface area contributed by atoms with Gasteiger partial charge < -0.3 is 4.74 Å². The van der Waals surface area contributed by atoms with Gasteiger partial charge in [-0.25, -0.2) is 0 Å². The molecule has 0 fully saturated rings. The molecule has 0 aromatic rings. The van der Waals surface area contributed by atoms with Crippen LogP contribution in [0, 0.1) is 5.92 Å². The van der Waals surface area contributed by atoms with Crippen LogP contribution in [0.2, 0.25) is 0 Å². The van der Waals surface area contributed by atoms with Gasteiger partial charge in [-0.3, -0.25) is 0 Å². The van der Waals surface area contributed by atoms with Gasteiger partial charge >= 0.3 is 0 Å². The lowest BCUT2D eigenvalue weighted by Gasteiger charge is -2.19. The highest BCUT2D eigenvalue weighted by Gasteiger charge is 2.12. The minimum absolute atomic E-state index is 0.196. The van der Waals surface area contributed by atoms with Crippen molar-refractivity contribution < 1.29 is 4.74 Å². The second-order valence-corrected chi connectivity index (χ2v) is 4.29. The molecular formula is C9H18OS2. The minimum atomic E-state index is 0.196. The number of ether oxygens (including phenoxy) is 1. The first-order valence-corrected chi connectivity index (χ1v) is 5.33. The van der Waals surface area contributed by atoms with E-state index in [2.05, 4.69) is 26.5 Å². The van der Waals surface area contributed by atoms with Gasteiger partial charge in [0.05, 0.1) is 6.10 Å². The van der Waals surface area contributed by atoms with Crippen LogP contribution in [0.1, 0.15) is 40.0 Å². The Bertz CT molecular complexity index is 136. The van der Waals surface area contributed by atoms with Gasteiger partial charge in [-0.05, 0) is 31.5 Å². The second kappa shape index (κ2) is 6.72. The van der Waals surface area contributed by atoms with Crippen molar-refractivity contribution in [3.63, 3.8) is 0 Å². The summed E-state index contributed by atoms with van der Waals surface area (Å²) in [5, 5.41) is 0. The fourth-order valence-electron chi connectivity index (χ4n) is 1.04. The van der Waals surface area contributed by atoms with Crippen molar-refractivity contribution in [2.24, 2.45) is 5.92 Å². The lowest BCUT2D eigenvalue weighted by Crippen LogP contribution is -2.19. The molecule has 0 amide bonds. The summed E-state index contributed by atoms with van der Waals surface area (Å²) in [6.07, 6.45) is 3.89. The molecular weight excluding hydrogens is 188 g/mol. The number of unbranched alkanes of at least 4 members (excludes halogenated alkanes) is 1. The molecule has 2 unspecified atom stereocenters. The minimum Gasteiger partial charge on any atom is -0.475 e. The van der Waals surface area contributed by atoms with Gasteiger partial charge in [-0.1, -0.05) is 39.3 Å². The van der Waals surface area contributed by atoms with Crippen LogP contribution in [-0.4, -0.2) is 10.5 Å². The fourth-order valence-corrected chi connectivity index (χ4v) is 1.35. The predicted molar refractivity (Wildman–Crippen MR) is 60.8 cm³/mol. The van der Waals surface area contributed by atoms with E-state index in [0.29, 0.717) is 10.3 Å². The molecule has 0 N–H and O–H groups in total. The topological polar surface area (TPSA) is 9.23 Å². The largest absolute Gasteiger partial charge is 0.475 e. The maximum atomic E-state index is 5.30. The fraction of sp³-hybridized carbons (Fsp3) is 0.889. The van der Waals surface area contributed by atoms with Crippen LogP contribution in [0.15, 0.2) is 0 Å². The first kappa shape index (κ1) is 12.2. The van der Waals surface area contributed by atoms with Crippen molar-refractivity contribution in [2.75, 3.05) is 0 Å². The van der Waals surface area contributed by atoms with E-state index in [9.17, 15) is 0 Å². The molecule has 2 atom stereocenters. The van der Waals surface area contributed by atoms with Gasteiger partial charge in [0, 0.05) is 0 Å². The maximum absolute atomic E-state index is 5.30. The number of hydrogen-bond donors (Lipinski definition) is 1. The second-order valence-electron chi connectivity index (χ2n) is 3.21. The van der Waals surface area contributed by atoms with Gasteiger partial charge in [0.15, 0.2) is 0 Å². The van der Waals surface area contributed by atoms with E-state index in [1.807, 2.05) is 6.92 Å². The van der Waals surface area contributed by atoms with Crippen molar-refractivity contribution in [1.29, 1.82) is 0 Å². The van der Waals surface area contributed by atoms with Crippen LogP contribution in [0.25, 0.3) is 0 Å². The van der Waals surface area contributed by atoms with Crippen LogP contribution >= 0.6 is 24.8 Å². The van der Waals surface area contributed by atoms with Crippen LogP contribution in [0.5, 0.6) is 0 Å². The molecule has 3 heteroatoms. The normalized spacial score (nSPS) is 15.3. The van der Waals surface area contributed by atoms with Crippen LogP contribution in [0.4, 0.5) is 0 Å². The van der Waals surface area contributed by atoms with Gasteiger partial charge in [0.2, 0.25) is 4.38 Å². The standard InChI is InChI=1S/C9H18OS2/c1-4-5-6-7(2)8(3)10-9(11)12/h7-8H,4-6H2,1-3H3,(H,11,12). The Balaban J connectivity index is 3.60. The third-order valence-electron chi connectivity index (χ3n) is 2.10. The number of thiol groups is 1. The van der Waals surface area contributed by atoms with Gasteiger partial charge in [-0.2, -0.15) is 0 Å². The Morgan fingerprint density at radius 2 is 2.08 bits per heavy atom. The van der Waals surface area contributed by atoms with E-state index in [4.69, 9.17) is 17.0 Å². The SMILES string of the molecule is CCCCC(C)C(C)OC(=S)S. The average Bonchev–Trinajstić information content (AvgIpc) is 1.98. The Hall–Kier alpha value is 0.240. The first-order chi connectivity index (χ1) is 5.57. The molecule has 0 saturated heterocycles. The van der Waals surface area contributed by atoms with E-state index < -0.39 is 0 Å². The Labute approximate surface area is 86.3 Å². The summed E-state index contributed by atoms with van der Waals surface area (Å²) in [7, 11) is 0. The number of thiocarbonyl (C=S) groups is 1. The Kier molecular flexibility index (Phi) is 6.86. The molecule has 0 spiro atoms. The summed E-state index contributed by atoms with van der Waals surface area (Å²) in [4.78, 5) is 0. The Morgan fingerprint density at radius 3 is 2.50 bits per heavy atom. The van der Waals surface area contributed by atoms with Crippen molar-refractivity contribution in [3.05, 3.63) is 0 Å². The highest BCUT2D eigenvalue weighted by Crippen LogP contribution is 2.15. The number of rotatable bonds is 5. The third kappa shape index (κ3) is 5.84. The monoisotopic (exact) mass is 206 g/mol. The third-order valence-corrected chi connectivity index (χ3v) is 2.30. The van der Waals surface area contributed by atoms with Crippen LogP contribution in [-0.2, 0) is 4.74 Å². The summed E-state index contributed by atoms with van der Waals surface area (Å²) >= 11 is 8.68. The zero-order valence-electron chi connectivity index (χ0n) is 8.04. The molecule has 72 valence electrons. The summed E-state index contributed by atoms with van der Waals surface area (Å²) in [5.41, 5.74) is 0. The van der Waals surface area contributed by atoms with E-state index in [0.717, 1.165) is 0 Å². The summed E-state index contributed by atoms with van der Waals surface area (Å²) in [6, 6.07) is 0. The Morgan fingerprint density at radius 1 is 1.50 bits per heavy atom. The van der Waals surface area contributed by atoms with Crippen molar-refractivity contribution in [1.82, 2.24) is 0 Å². The van der Waals surface area contributed by atoms with Gasteiger partial charge in [0.25, 0.3) is 0 Å². The highest BCUT2D eigenvalue weighted by molar-refractivity contribution is 8.10. The molecule has 1 nitrogen and oxygen atoms in total. The van der Waals surface area contributed by atoms with Crippen molar-refractivity contribution >= 4 is 29.2 Å². The smallest absolute Gasteiger partial charge is 0.217 e. The molecule has 0 aromatic heterocycles. The quantitative estimate of drug-likeness (QED) is 0.545. The molecule has 0 aliphatic rings. The molecule has 0 bridgehead atoms. The molecule has 0 saturated carbocycles. The van der Waals surface area contributed by atoms with Crippen molar-refractivity contribution in [2.45, 2.75) is 46.1 Å². The van der Waals surface area contributed by atoms with Gasteiger partial charge in [-0.15, -0.1) is 0 Å². The van der Waals surface area contributed by atoms with Crippen molar-refractivity contribution in [3.8, 4) is 0 Å². The lowest BCUT2D eigenvalue weighted by molar-refractivity contribution is 0.151. The van der Waals surface area contributed by atoms with Crippen LogP contribution < -0.4 is 0 Å². The first-order valence-electron chi connectivity index (χ1n) is 4.47. The zero-order chi connectivity index (χ0) is 9.56. The zero-order valence-corrected chi connectivity index (χ0v) is 9.75.